The third-order valence-electron chi connectivity index (χ3n) is 5.68. The molecule has 2 aromatic heterocycles. The van der Waals surface area contributed by atoms with E-state index in [9.17, 15) is 15.0 Å². The molecule has 1 unspecified atom stereocenters. The summed E-state index contributed by atoms with van der Waals surface area (Å²) in [6.45, 7) is 2.82. The van der Waals surface area contributed by atoms with Gasteiger partial charge in [0.1, 0.15) is 36.0 Å². The number of nitrogen functional groups attached to an aromatic ring is 1. The summed E-state index contributed by atoms with van der Waals surface area (Å²) in [4.78, 5) is 19.8. The Bertz CT molecular complexity index is 877. The molecule has 11 heteroatoms. The SMILES string of the molecule is CCCN[C@@H](CC[C@H](N)C(=O)OC)C[C@H]1O[C@@H](n2ccc3c(N)ncnc32)[C@@H](O)C1O. The minimum atomic E-state index is -1.14. The second-order valence-electron chi connectivity index (χ2n) is 7.86. The van der Waals surface area contributed by atoms with Gasteiger partial charge in [-0.25, -0.2) is 9.97 Å². The number of rotatable bonds is 10. The van der Waals surface area contributed by atoms with E-state index in [-0.39, 0.29) is 6.04 Å². The fourth-order valence-electron chi connectivity index (χ4n) is 3.93. The molecule has 11 nitrogen and oxygen atoms in total. The largest absolute Gasteiger partial charge is 0.468 e. The predicted octanol–water partition coefficient (Wildman–Crippen LogP) is -0.328. The summed E-state index contributed by atoms with van der Waals surface area (Å²) < 4.78 is 12.4. The average Bonchev–Trinajstić information content (AvgIpc) is 3.32. The number of carbonyl (C=O) groups excluding carboxylic acids is 1. The molecule has 0 radical (unpaired) electrons. The molecule has 0 bridgehead atoms. The Morgan fingerprint density at radius 3 is 2.84 bits per heavy atom. The summed E-state index contributed by atoms with van der Waals surface area (Å²) in [6.07, 6.45) is 1.81. The number of nitrogens with zero attached hydrogens (tertiary/aromatic N) is 3. The summed E-state index contributed by atoms with van der Waals surface area (Å²) >= 11 is 0. The first-order valence-corrected chi connectivity index (χ1v) is 10.5. The molecule has 0 saturated carbocycles. The van der Waals surface area contributed by atoms with Crippen LogP contribution in [0.15, 0.2) is 18.6 Å². The first-order chi connectivity index (χ1) is 14.9. The average molecular weight is 437 g/mol. The summed E-state index contributed by atoms with van der Waals surface area (Å²) in [5.74, 6) is -0.123. The zero-order valence-electron chi connectivity index (χ0n) is 17.8. The van der Waals surface area contributed by atoms with Gasteiger partial charge in [-0.15, -0.1) is 0 Å². The predicted molar refractivity (Wildman–Crippen MR) is 114 cm³/mol. The molecule has 0 aromatic carbocycles. The second kappa shape index (κ2) is 10.3. The van der Waals surface area contributed by atoms with E-state index in [1.54, 1.807) is 16.8 Å². The number of hydrogen-bond donors (Lipinski definition) is 5. The van der Waals surface area contributed by atoms with Crippen molar-refractivity contribution in [3.63, 3.8) is 0 Å². The Balaban J connectivity index is 1.70. The summed E-state index contributed by atoms with van der Waals surface area (Å²) in [5, 5.41) is 25.4. The van der Waals surface area contributed by atoms with E-state index in [1.165, 1.54) is 13.4 Å². The molecular weight excluding hydrogens is 404 g/mol. The number of fused-ring (bicyclic) bond motifs is 1. The lowest BCUT2D eigenvalue weighted by Crippen LogP contribution is -2.40. The number of aliphatic hydroxyl groups excluding tert-OH is 2. The molecule has 3 heterocycles. The number of hydrogen-bond acceptors (Lipinski definition) is 10. The van der Waals surface area contributed by atoms with E-state index in [2.05, 4.69) is 26.9 Å². The Hall–Kier alpha value is -2.31. The maximum absolute atomic E-state index is 11.6. The molecule has 1 aliphatic heterocycles. The Morgan fingerprint density at radius 2 is 2.13 bits per heavy atom. The third-order valence-corrected chi connectivity index (χ3v) is 5.68. The molecule has 0 spiro atoms. The van der Waals surface area contributed by atoms with Gasteiger partial charge in [-0.1, -0.05) is 6.92 Å². The van der Waals surface area contributed by atoms with Crippen LogP contribution in [0.1, 0.15) is 38.8 Å². The molecule has 6 atom stereocenters. The van der Waals surface area contributed by atoms with Crippen molar-refractivity contribution in [2.75, 3.05) is 19.4 Å². The normalized spacial score (nSPS) is 25.6. The number of nitrogens with two attached hydrogens (primary N) is 2. The number of aromatic nitrogens is 3. The topological polar surface area (TPSA) is 171 Å². The number of nitrogens with one attached hydrogen (secondary N) is 1. The monoisotopic (exact) mass is 436 g/mol. The zero-order chi connectivity index (χ0) is 22.5. The van der Waals surface area contributed by atoms with Crippen LogP contribution in [0.3, 0.4) is 0 Å². The molecule has 3 rings (SSSR count). The van der Waals surface area contributed by atoms with Crippen LogP contribution in [0, 0.1) is 0 Å². The molecule has 2 aromatic rings. The van der Waals surface area contributed by atoms with E-state index < -0.39 is 36.6 Å². The van der Waals surface area contributed by atoms with Crippen LogP contribution in [0.5, 0.6) is 0 Å². The van der Waals surface area contributed by atoms with Crippen molar-refractivity contribution in [1.29, 1.82) is 0 Å². The van der Waals surface area contributed by atoms with Gasteiger partial charge in [0.05, 0.1) is 18.6 Å². The minimum absolute atomic E-state index is 0.0550. The van der Waals surface area contributed by atoms with Gasteiger partial charge in [0.25, 0.3) is 0 Å². The highest BCUT2D eigenvalue weighted by atomic mass is 16.6. The van der Waals surface area contributed by atoms with Gasteiger partial charge in [-0.2, -0.15) is 0 Å². The zero-order valence-corrected chi connectivity index (χ0v) is 17.8. The second-order valence-corrected chi connectivity index (χ2v) is 7.86. The molecule has 0 aliphatic carbocycles. The van der Waals surface area contributed by atoms with E-state index in [0.717, 1.165) is 13.0 Å². The number of methoxy groups -OCH3 is 1. The first-order valence-electron chi connectivity index (χ1n) is 10.5. The quantitative estimate of drug-likeness (QED) is 0.311. The van der Waals surface area contributed by atoms with Gasteiger partial charge < -0.3 is 41.0 Å². The van der Waals surface area contributed by atoms with Crippen molar-refractivity contribution in [2.45, 2.75) is 69.2 Å². The highest BCUT2D eigenvalue weighted by Crippen LogP contribution is 2.34. The maximum atomic E-state index is 11.6. The fourth-order valence-corrected chi connectivity index (χ4v) is 3.93. The maximum Gasteiger partial charge on any atom is 0.322 e. The van der Waals surface area contributed by atoms with Crippen LogP contribution in [0.25, 0.3) is 11.0 Å². The highest BCUT2D eigenvalue weighted by molar-refractivity contribution is 5.86. The van der Waals surface area contributed by atoms with Crippen LogP contribution < -0.4 is 16.8 Å². The standard InChI is InChI=1S/C20H32N6O5/c1-3-7-23-11(4-5-13(21)20(29)30-2)9-14-15(27)16(28)19(31-14)26-8-6-12-17(22)24-10-25-18(12)26/h6,8,10-11,13-16,19,23,27-28H,3-5,7,9,21H2,1-2H3,(H2,22,24,25)/t11-,13-,14+,15?,16-,19+/m0/s1. The van der Waals surface area contributed by atoms with Crippen LogP contribution in [-0.4, -0.2) is 74.8 Å². The fraction of sp³-hybridized carbons (Fsp3) is 0.650. The third kappa shape index (κ3) is 5.13. The smallest absolute Gasteiger partial charge is 0.322 e. The molecule has 7 N–H and O–H groups in total. The summed E-state index contributed by atoms with van der Waals surface area (Å²) in [6, 6.07) is 0.987. The lowest BCUT2D eigenvalue weighted by Gasteiger charge is -2.24. The number of anilines is 1. The van der Waals surface area contributed by atoms with E-state index >= 15 is 0 Å². The van der Waals surface area contributed by atoms with E-state index in [4.69, 9.17) is 16.2 Å². The summed E-state index contributed by atoms with van der Waals surface area (Å²) in [7, 11) is 1.31. The molecule has 0 amide bonds. The van der Waals surface area contributed by atoms with E-state index in [0.29, 0.717) is 36.1 Å². The molecule has 172 valence electrons. The van der Waals surface area contributed by atoms with Crippen molar-refractivity contribution < 1.29 is 24.5 Å². The Kier molecular flexibility index (Phi) is 7.79. The minimum Gasteiger partial charge on any atom is -0.468 e. The number of ether oxygens (including phenoxy) is 2. The molecule has 1 saturated heterocycles. The Labute approximate surface area is 180 Å². The van der Waals surface area contributed by atoms with Gasteiger partial charge in [0.2, 0.25) is 0 Å². The van der Waals surface area contributed by atoms with Crippen LogP contribution in [-0.2, 0) is 14.3 Å². The van der Waals surface area contributed by atoms with Crippen molar-refractivity contribution in [1.82, 2.24) is 19.9 Å². The van der Waals surface area contributed by atoms with Crippen LogP contribution in [0.4, 0.5) is 5.82 Å². The Morgan fingerprint density at radius 1 is 1.35 bits per heavy atom. The van der Waals surface area contributed by atoms with Crippen molar-refractivity contribution in [3.05, 3.63) is 18.6 Å². The number of esters is 1. The lowest BCUT2D eigenvalue weighted by atomic mass is 9.97. The van der Waals surface area contributed by atoms with Gasteiger partial charge in [0, 0.05) is 12.2 Å². The van der Waals surface area contributed by atoms with Crippen LogP contribution in [0.2, 0.25) is 0 Å². The van der Waals surface area contributed by atoms with Crippen molar-refractivity contribution in [2.24, 2.45) is 5.73 Å². The molecule has 1 fully saturated rings. The summed E-state index contributed by atoms with van der Waals surface area (Å²) in [5.41, 5.74) is 12.3. The van der Waals surface area contributed by atoms with Gasteiger partial charge in [-0.05, 0) is 38.3 Å². The van der Waals surface area contributed by atoms with Gasteiger partial charge in [0.15, 0.2) is 6.23 Å². The molecular formula is C20H32N6O5. The van der Waals surface area contributed by atoms with Crippen LogP contribution >= 0.6 is 0 Å². The highest BCUT2D eigenvalue weighted by Gasteiger charge is 2.44. The lowest BCUT2D eigenvalue weighted by molar-refractivity contribution is -0.142. The molecule has 31 heavy (non-hydrogen) atoms. The van der Waals surface area contributed by atoms with Gasteiger partial charge >= 0.3 is 5.97 Å². The van der Waals surface area contributed by atoms with Crippen molar-refractivity contribution in [3.8, 4) is 0 Å². The first kappa shape index (κ1) is 23.4. The van der Waals surface area contributed by atoms with Crippen molar-refractivity contribution >= 4 is 22.8 Å². The number of aliphatic hydroxyl groups is 2. The van der Waals surface area contributed by atoms with E-state index in [1.807, 2.05) is 0 Å². The van der Waals surface area contributed by atoms with Gasteiger partial charge in [-0.3, -0.25) is 4.79 Å². The molecule has 1 aliphatic rings. The number of carbonyl (C=O) groups is 1.